The van der Waals surface area contributed by atoms with Crippen molar-refractivity contribution < 1.29 is 14.3 Å². The van der Waals surface area contributed by atoms with Crippen molar-refractivity contribution in [3.63, 3.8) is 0 Å². The van der Waals surface area contributed by atoms with Crippen LogP contribution in [0.25, 0.3) is 0 Å². The van der Waals surface area contributed by atoms with Crippen molar-refractivity contribution in [2.75, 3.05) is 7.11 Å². The summed E-state index contributed by atoms with van der Waals surface area (Å²) in [6, 6.07) is 19.9. The predicted octanol–water partition coefficient (Wildman–Crippen LogP) is 4.13. The highest BCUT2D eigenvalue weighted by Gasteiger charge is 2.32. The molecule has 6 heteroatoms. The molecule has 1 atom stereocenters. The van der Waals surface area contributed by atoms with Gasteiger partial charge in [-0.15, -0.1) is 0 Å². The van der Waals surface area contributed by atoms with Gasteiger partial charge in [0.05, 0.1) is 7.11 Å². The molecule has 0 aliphatic carbocycles. The second-order valence-electron chi connectivity index (χ2n) is 7.86. The molecule has 1 N–H and O–H groups in total. The number of nitrogens with one attached hydrogen (secondary N) is 1. The summed E-state index contributed by atoms with van der Waals surface area (Å²) in [7, 11) is 1.61. The van der Waals surface area contributed by atoms with Gasteiger partial charge in [0.1, 0.15) is 11.8 Å². The van der Waals surface area contributed by atoms with Crippen LogP contribution in [0.1, 0.15) is 36.6 Å². The smallest absolute Gasteiger partial charge is 0.247 e. The fourth-order valence-electron chi connectivity index (χ4n) is 3.45. The Labute approximate surface area is 189 Å². The summed E-state index contributed by atoms with van der Waals surface area (Å²) in [5.41, 5.74) is 2.57. The first-order valence-corrected chi connectivity index (χ1v) is 10.6. The molecular formula is C26H29N3O3. The Morgan fingerprint density at radius 3 is 2.28 bits per heavy atom. The molecule has 2 amide bonds. The zero-order valence-corrected chi connectivity index (χ0v) is 18.7. The molecule has 166 valence electrons. The number of ether oxygens (including phenoxy) is 1. The van der Waals surface area contributed by atoms with Crippen LogP contribution >= 0.6 is 0 Å². The number of pyridine rings is 1. The van der Waals surface area contributed by atoms with E-state index in [1.54, 1.807) is 24.4 Å². The summed E-state index contributed by atoms with van der Waals surface area (Å²) >= 11 is 0. The highest BCUT2D eigenvalue weighted by atomic mass is 16.5. The van der Waals surface area contributed by atoms with Crippen LogP contribution in [-0.4, -0.2) is 28.8 Å². The fourth-order valence-corrected chi connectivity index (χ4v) is 3.45. The number of methoxy groups -OCH3 is 1. The SMILES string of the molecule is COc1ccc(CN(C(=O)C(C)C)[C@@H](C(=O)NCc2cccnc2)c2ccccc2)cc1. The van der Waals surface area contributed by atoms with Gasteiger partial charge in [0.15, 0.2) is 0 Å². The van der Waals surface area contributed by atoms with Gasteiger partial charge in [-0.3, -0.25) is 14.6 Å². The zero-order valence-electron chi connectivity index (χ0n) is 18.7. The predicted molar refractivity (Wildman–Crippen MR) is 124 cm³/mol. The summed E-state index contributed by atoms with van der Waals surface area (Å²) < 4.78 is 5.24. The molecule has 0 bridgehead atoms. The lowest BCUT2D eigenvalue weighted by Crippen LogP contribution is -2.44. The van der Waals surface area contributed by atoms with E-state index < -0.39 is 6.04 Å². The molecule has 6 nitrogen and oxygen atoms in total. The molecule has 3 aromatic rings. The van der Waals surface area contributed by atoms with Crippen molar-refractivity contribution in [3.05, 3.63) is 95.8 Å². The average molecular weight is 432 g/mol. The number of rotatable bonds is 9. The number of benzene rings is 2. The van der Waals surface area contributed by atoms with E-state index in [1.165, 1.54) is 0 Å². The minimum atomic E-state index is -0.759. The number of nitrogens with zero attached hydrogens (tertiary/aromatic N) is 2. The second kappa shape index (κ2) is 11.1. The highest BCUT2D eigenvalue weighted by Crippen LogP contribution is 2.26. The molecule has 0 aliphatic heterocycles. The molecule has 0 fully saturated rings. The maximum Gasteiger partial charge on any atom is 0.247 e. The third-order valence-corrected chi connectivity index (χ3v) is 5.15. The van der Waals surface area contributed by atoms with Crippen LogP contribution in [0.2, 0.25) is 0 Å². The number of hydrogen-bond acceptors (Lipinski definition) is 4. The quantitative estimate of drug-likeness (QED) is 0.553. The normalized spacial score (nSPS) is 11.6. The summed E-state index contributed by atoms with van der Waals surface area (Å²) in [5.74, 6) is 0.156. The van der Waals surface area contributed by atoms with Crippen molar-refractivity contribution in [1.82, 2.24) is 15.2 Å². The monoisotopic (exact) mass is 431 g/mol. The minimum Gasteiger partial charge on any atom is -0.497 e. The molecule has 2 aromatic carbocycles. The summed E-state index contributed by atoms with van der Waals surface area (Å²) in [4.78, 5) is 32.5. The number of carbonyl (C=O) groups excluding carboxylic acids is 2. The molecular weight excluding hydrogens is 402 g/mol. The Kier molecular flexibility index (Phi) is 7.97. The molecule has 1 aromatic heterocycles. The van der Waals surface area contributed by atoms with E-state index in [9.17, 15) is 9.59 Å². The van der Waals surface area contributed by atoms with Gasteiger partial charge in [-0.2, -0.15) is 0 Å². The van der Waals surface area contributed by atoms with Crippen LogP contribution in [0.15, 0.2) is 79.1 Å². The van der Waals surface area contributed by atoms with E-state index in [0.717, 1.165) is 22.4 Å². The highest BCUT2D eigenvalue weighted by molar-refractivity contribution is 5.89. The standard InChI is InChI=1S/C26H29N3O3/c1-19(2)26(31)29(18-20-11-13-23(32-3)14-12-20)24(22-9-5-4-6-10-22)25(30)28-17-21-8-7-15-27-16-21/h4-16,19,24H,17-18H2,1-3H3,(H,28,30)/t24-/m1/s1. The van der Waals surface area contributed by atoms with Crippen LogP contribution in [0.5, 0.6) is 5.75 Å². The lowest BCUT2D eigenvalue weighted by atomic mass is 10.0. The van der Waals surface area contributed by atoms with Crippen LogP contribution in [0.4, 0.5) is 0 Å². The molecule has 32 heavy (non-hydrogen) atoms. The first kappa shape index (κ1) is 23.0. The maximum atomic E-state index is 13.4. The van der Waals surface area contributed by atoms with Crippen molar-refractivity contribution in [1.29, 1.82) is 0 Å². The molecule has 0 unspecified atom stereocenters. The van der Waals surface area contributed by atoms with Gasteiger partial charge in [-0.1, -0.05) is 62.4 Å². The first-order valence-electron chi connectivity index (χ1n) is 10.6. The fraction of sp³-hybridized carbons (Fsp3) is 0.269. The lowest BCUT2D eigenvalue weighted by Gasteiger charge is -2.33. The van der Waals surface area contributed by atoms with E-state index in [-0.39, 0.29) is 17.7 Å². The van der Waals surface area contributed by atoms with Gasteiger partial charge in [0.25, 0.3) is 0 Å². The van der Waals surface area contributed by atoms with Gasteiger partial charge in [-0.25, -0.2) is 0 Å². The second-order valence-corrected chi connectivity index (χ2v) is 7.86. The Bertz CT molecular complexity index is 1010. The Hall–Kier alpha value is -3.67. The Morgan fingerprint density at radius 2 is 1.69 bits per heavy atom. The van der Waals surface area contributed by atoms with Crippen LogP contribution in [-0.2, 0) is 22.7 Å². The van der Waals surface area contributed by atoms with E-state index in [0.29, 0.717) is 13.1 Å². The van der Waals surface area contributed by atoms with E-state index in [2.05, 4.69) is 10.3 Å². The molecule has 0 radical (unpaired) electrons. The van der Waals surface area contributed by atoms with E-state index >= 15 is 0 Å². The number of hydrogen-bond donors (Lipinski definition) is 1. The van der Waals surface area contributed by atoms with Crippen LogP contribution in [0, 0.1) is 5.92 Å². The number of carbonyl (C=O) groups is 2. The lowest BCUT2D eigenvalue weighted by molar-refractivity contribution is -0.144. The number of amides is 2. The Balaban J connectivity index is 1.92. The van der Waals surface area contributed by atoms with E-state index in [4.69, 9.17) is 4.74 Å². The third-order valence-electron chi connectivity index (χ3n) is 5.15. The summed E-state index contributed by atoms with van der Waals surface area (Å²) in [6.07, 6.45) is 3.40. The zero-order chi connectivity index (χ0) is 22.9. The summed E-state index contributed by atoms with van der Waals surface area (Å²) in [5, 5.41) is 2.98. The van der Waals surface area contributed by atoms with Gasteiger partial charge in [0, 0.05) is 31.4 Å². The average Bonchev–Trinajstić information content (AvgIpc) is 2.83. The largest absolute Gasteiger partial charge is 0.497 e. The van der Waals surface area contributed by atoms with Gasteiger partial charge in [-0.05, 0) is 34.9 Å². The molecule has 0 aliphatic rings. The molecule has 3 rings (SSSR count). The van der Waals surface area contributed by atoms with Gasteiger partial charge >= 0.3 is 0 Å². The summed E-state index contributed by atoms with van der Waals surface area (Å²) in [6.45, 7) is 4.33. The first-order chi connectivity index (χ1) is 15.5. The maximum absolute atomic E-state index is 13.4. The van der Waals surface area contributed by atoms with Crippen LogP contribution in [0.3, 0.4) is 0 Å². The number of aromatic nitrogens is 1. The Morgan fingerprint density at radius 1 is 0.969 bits per heavy atom. The molecule has 0 spiro atoms. The topological polar surface area (TPSA) is 71.5 Å². The van der Waals surface area contributed by atoms with Gasteiger partial charge < -0.3 is 15.0 Å². The van der Waals surface area contributed by atoms with E-state index in [1.807, 2.05) is 80.6 Å². The molecule has 1 heterocycles. The van der Waals surface area contributed by atoms with Crippen molar-refractivity contribution in [2.45, 2.75) is 33.0 Å². The van der Waals surface area contributed by atoms with Crippen LogP contribution < -0.4 is 10.1 Å². The molecule has 0 saturated carbocycles. The van der Waals surface area contributed by atoms with Crippen molar-refractivity contribution >= 4 is 11.8 Å². The van der Waals surface area contributed by atoms with Gasteiger partial charge in [0.2, 0.25) is 11.8 Å². The van der Waals surface area contributed by atoms with Crippen molar-refractivity contribution in [3.8, 4) is 5.75 Å². The third kappa shape index (κ3) is 5.94. The minimum absolute atomic E-state index is 0.0915. The van der Waals surface area contributed by atoms with Crippen molar-refractivity contribution in [2.24, 2.45) is 5.92 Å². The molecule has 0 saturated heterocycles.